The van der Waals surface area contributed by atoms with Crippen molar-refractivity contribution in [3.05, 3.63) is 83.9 Å². The highest BCUT2D eigenvalue weighted by Gasteiger charge is 2.14. The number of hydrogen-bond donors (Lipinski definition) is 2. The van der Waals surface area contributed by atoms with Crippen molar-refractivity contribution in [1.82, 2.24) is 10.3 Å². The predicted molar refractivity (Wildman–Crippen MR) is 145 cm³/mol. The summed E-state index contributed by atoms with van der Waals surface area (Å²) in [4.78, 5) is 28.4. The fourth-order valence-corrected chi connectivity index (χ4v) is 4.12. The van der Waals surface area contributed by atoms with Crippen LogP contribution in [-0.4, -0.2) is 30.0 Å². The number of ether oxygens (including phenoxy) is 1. The predicted octanol–water partition coefficient (Wildman–Crippen LogP) is 6.52. The van der Waals surface area contributed by atoms with E-state index in [1.165, 1.54) is 5.56 Å². The topological polar surface area (TPSA) is 93.5 Å². The number of unbranched alkanes of at least 4 members (excludes halogenated alkanes) is 1. The van der Waals surface area contributed by atoms with Gasteiger partial charge in [0.05, 0.1) is 19.1 Å². The molecule has 4 rings (SSSR count). The fourth-order valence-electron chi connectivity index (χ4n) is 4.12. The largest absolute Gasteiger partial charge is 0.466 e. The SMILES string of the molecule is CCCC[C@@H](Nc1ccc(C(=O)NCCC(=O)OCC)cc1)c1ccc(-c2nc3ccccc3o2)cc1. The first-order chi connectivity index (χ1) is 18.1. The molecule has 3 aromatic carbocycles. The van der Waals surface area contributed by atoms with Crippen LogP contribution in [0.25, 0.3) is 22.6 Å². The third-order valence-corrected chi connectivity index (χ3v) is 6.11. The maximum atomic E-state index is 12.4. The number of oxazole rings is 1. The molecule has 37 heavy (non-hydrogen) atoms. The molecule has 0 bridgehead atoms. The fraction of sp³-hybridized carbons (Fsp3) is 0.300. The van der Waals surface area contributed by atoms with Gasteiger partial charge in [-0.05, 0) is 67.4 Å². The second-order valence-corrected chi connectivity index (χ2v) is 8.84. The van der Waals surface area contributed by atoms with E-state index in [2.05, 4.69) is 34.7 Å². The Balaban J connectivity index is 1.40. The van der Waals surface area contributed by atoms with Gasteiger partial charge in [0.25, 0.3) is 5.91 Å². The Morgan fingerprint density at radius 2 is 1.73 bits per heavy atom. The highest BCUT2D eigenvalue weighted by atomic mass is 16.5. The minimum atomic E-state index is -0.317. The van der Waals surface area contributed by atoms with Gasteiger partial charge in [0.15, 0.2) is 5.58 Å². The summed E-state index contributed by atoms with van der Waals surface area (Å²) < 4.78 is 10.8. The van der Waals surface area contributed by atoms with E-state index in [1.54, 1.807) is 19.1 Å². The molecule has 4 aromatic rings. The number of hydrogen-bond acceptors (Lipinski definition) is 6. The summed E-state index contributed by atoms with van der Waals surface area (Å²) in [6.07, 6.45) is 3.33. The molecule has 1 aromatic heterocycles. The van der Waals surface area contributed by atoms with Gasteiger partial charge in [-0.15, -0.1) is 0 Å². The van der Waals surface area contributed by atoms with Gasteiger partial charge in [-0.1, -0.05) is 44.0 Å². The molecule has 0 spiro atoms. The van der Waals surface area contributed by atoms with Crippen molar-refractivity contribution in [2.75, 3.05) is 18.5 Å². The van der Waals surface area contributed by atoms with Crippen molar-refractivity contribution in [3.8, 4) is 11.5 Å². The monoisotopic (exact) mass is 499 g/mol. The zero-order chi connectivity index (χ0) is 26.0. The second kappa shape index (κ2) is 12.7. The molecular formula is C30H33N3O4. The molecule has 0 aliphatic carbocycles. The van der Waals surface area contributed by atoms with Gasteiger partial charge in [0, 0.05) is 23.4 Å². The summed E-state index contributed by atoms with van der Waals surface area (Å²) in [5.41, 5.74) is 5.22. The van der Waals surface area contributed by atoms with Gasteiger partial charge in [-0.2, -0.15) is 0 Å². The lowest BCUT2D eigenvalue weighted by molar-refractivity contribution is -0.142. The molecular weight excluding hydrogens is 466 g/mol. The molecule has 0 aliphatic heterocycles. The molecule has 2 N–H and O–H groups in total. The van der Waals surface area contributed by atoms with E-state index >= 15 is 0 Å². The minimum absolute atomic E-state index is 0.127. The highest BCUT2D eigenvalue weighted by Crippen LogP contribution is 2.29. The van der Waals surface area contributed by atoms with Crippen LogP contribution in [0, 0.1) is 0 Å². The van der Waals surface area contributed by atoms with Crippen LogP contribution < -0.4 is 10.6 Å². The molecule has 0 saturated carbocycles. The molecule has 7 heteroatoms. The molecule has 1 heterocycles. The van der Waals surface area contributed by atoms with Crippen LogP contribution in [0.1, 0.15) is 61.5 Å². The van der Waals surface area contributed by atoms with E-state index in [1.807, 2.05) is 48.5 Å². The lowest BCUT2D eigenvalue weighted by Gasteiger charge is -2.21. The third-order valence-electron chi connectivity index (χ3n) is 6.11. The summed E-state index contributed by atoms with van der Waals surface area (Å²) in [6, 6.07) is 23.6. The average Bonchev–Trinajstić information content (AvgIpc) is 3.36. The van der Waals surface area contributed by atoms with Gasteiger partial charge in [-0.25, -0.2) is 4.98 Å². The van der Waals surface area contributed by atoms with E-state index in [9.17, 15) is 9.59 Å². The number of para-hydroxylation sites is 2. The number of amides is 1. The van der Waals surface area contributed by atoms with Crippen LogP contribution in [0.2, 0.25) is 0 Å². The van der Waals surface area contributed by atoms with Crippen LogP contribution >= 0.6 is 0 Å². The van der Waals surface area contributed by atoms with Crippen molar-refractivity contribution < 1.29 is 18.7 Å². The van der Waals surface area contributed by atoms with E-state index in [0.717, 1.165) is 41.6 Å². The normalized spacial score (nSPS) is 11.7. The van der Waals surface area contributed by atoms with Crippen molar-refractivity contribution in [2.24, 2.45) is 0 Å². The Hall–Kier alpha value is -4.13. The number of esters is 1. The molecule has 0 aliphatic rings. The number of anilines is 1. The summed E-state index contributed by atoms with van der Waals surface area (Å²) in [7, 11) is 0. The van der Waals surface area contributed by atoms with E-state index < -0.39 is 0 Å². The number of nitrogens with one attached hydrogen (secondary N) is 2. The molecule has 1 amide bonds. The van der Waals surface area contributed by atoms with Crippen LogP contribution in [0.3, 0.4) is 0 Å². The van der Waals surface area contributed by atoms with Gasteiger partial charge in [0.1, 0.15) is 5.52 Å². The van der Waals surface area contributed by atoms with Gasteiger partial charge in [-0.3, -0.25) is 9.59 Å². The Morgan fingerprint density at radius 1 is 0.973 bits per heavy atom. The molecule has 7 nitrogen and oxygen atoms in total. The lowest BCUT2D eigenvalue weighted by atomic mass is 9.99. The number of carbonyl (C=O) groups is 2. The minimum Gasteiger partial charge on any atom is -0.466 e. The second-order valence-electron chi connectivity index (χ2n) is 8.84. The maximum absolute atomic E-state index is 12.4. The Kier molecular flexibility index (Phi) is 8.92. The smallest absolute Gasteiger partial charge is 0.307 e. The van der Waals surface area contributed by atoms with Crippen LogP contribution in [0.5, 0.6) is 0 Å². The van der Waals surface area contributed by atoms with Crippen molar-refractivity contribution in [3.63, 3.8) is 0 Å². The molecule has 0 unspecified atom stereocenters. The maximum Gasteiger partial charge on any atom is 0.307 e. The molecule has 0 saturated heterocycles. The number of fused-ring (bicyclic) bond motifs is 1. The highest BCUT2D eigenvalue weighted by molar-refractivity contribution is 5.94. The zero-order valence-electron chi connectivity index (χ0n) is 21.3. The Bertz CT molecular complexity index is 1280. The zero-order valence-corrected chi connectivity index (χ0v) is 21.3. The number of benzene rings is 3. The van der Waals surface area contributed by atoms with Gasteiger partial charge >= 0.3 is 5.97 Å². The number of rotatable bonds is 12. The van der Waals surface area contributed by atoms with Crippen LogP contribution in [-0.2, 0) is 9.53 Å². The first-order valence-electron chi connectivity index (χ1n) is 12.8. The van der Waals surface area contributed by atoms with Crippen LogP contribution in [0.15, 0.2) is 77.2 Å². The van der Waals surface area contributed by atoms with Crippen LogP contribution in [0.4, 0.5) is 5.69 Å². The Labute approximate surface area is 217 Å². The van der Waals surface area contributed by atoms with Gasteiger partial charge in [0.2, 0.25) is 5.89 Å². The lowest BCUT2D eigenvalue weighted by Crippen LogP contribution is -2.26. The summed E-state index contributed by atoms with van der Waals surface area (Å²) >= 11 is 0. The van der Waals surface area contributed by atoms with Crippen molar-refractivity contribution >= 4 is 28.7 Å². The standard InChI is InChI=1S/C30H33N3O4/c1-3-5-8-25(21-11-13-23(14-12-21)30-33-26-9-6-7-10-27(26)37-30)32-24-17-15-22(16-18-24)29(35)31-20-19-28(34)36-4-2/h6-7,9-18,25,32H,3-5,8,19-20H2,1-2H3,(H,31,35)/t25-/m1/s1. The van der Waals surface area contributed by atoms with E-state index in [-0.39, 0.29) is 30.9 Å². The quantitative estimate of drug-likeness (QED) is 0.216. The number of nitrogens with zero attached hydrogens (tertiary/aromatic N) is 1. The number of aromatic nitrogens is 1. The third kappa shape index (κ3) is 6.97. The Morgan fingerprint density at radius 3 is 2.43 bits per heavy atom. The molecule has 0 radical (unpaired) electrons. The van der Waals surface area contributed by atoms with Crippen molar-refractivity contribution in [2.45, 2.75) is 45.6 Å². The first kappa shape index (κ1) is 25.9. The van der Waals surface area contributed by atoms with Crippen molar-refractivity contribution in [1.29, 1.82) is 0 Å². The number of carbonyl (C=O) groups excluding carboxylic acids is 2. The van der Waals surface area contributed by atoms with E-state index in [4.69, 9.17) is 9.15 Å². The summed E-state index contributed by atoms with van der Waals surface area (Å²) in [5, 5.41) is 6.37. The molecule has 192 valence electrons. The molecule has 1 atom stereocenters. The average molecular weight is 500 g/mol. The van der Waals surface area contributed by atoms with E-state index in [0.29, 0.717) is 18.1 Å². The molecule has 0 fully saturated rings. The first-order valence-corrected chi connectivity index (χ1v) is 12.8. The van der Waals surface area contributed by atoms with Gasteiger partial charge < -0.3 is 19.8 Å². The summed E-state index contributed by atoms with van der Waals surface area (Å²) in [6.45, 7) is 4.52. The summed E-state index contributed by atoms with van der Waals surface area (Å²) in [5.74, 6) is 0.0810.